The highest BCUT2D eigenvalue weighted by molar-refractivity contribution is 6.30. The Morgan fingerprint density at radius 2 is 1.75 bits per heavy atom. The highest BCUT2D eigenvalue weighted by Gasteiger charge is 2.26. The Kier molecular flexibility index (Phi) is 7.12. The minimum Gasteiger partial charge on any atom is -0.396 e. The summed E-state index contributed by atoms with van der Waals surface area (Å²) in [5.74, 6) is -0.513. The van der Waals surface area contributed by atoms with Gasteiger partial charge in [0, 0.05) is 22.7 Å². The lowest BCUT2D eigenvalue weighted by Crippen LogP contribution is -2.47. The smallest absolute Gasteiger partial charge is 0.354 e. The molecule has 3 N–H and O–H groups in total. The van der Waals surface area contributed by atoms with Crippen LogP contribution in [-0.4, -0.2) is 37.5 Å². The van der Waals surface area contributed by atoms with Gasteiger partial charge < -0.3 is 15.5 Å². The van der Waals surface area contributed by atoms with E-state index >= 15 is 0 Å². The average Bonchev–Trinajstić information content (AvgIpc) is 2.77. The first-order valence-corrected chi connectivity index (χ1v) is 10.2. The van der Waals surface area contributed by atoms with Crippen molar-refractivity contribution in [3.05, 3.63) is 85.4 Å². The third-order valence-electron chi connectivity index (χ3n) is 5.14. The van der Waals surface area contributed by atoms with Crippen LogP contribution < -0.4 is 16.7 Å². The predicted molar refractivity (Wildman–Crippen MR) is 120 cm³/mol. The van der Waals surface area contributed by atoms with Gasteiger partial charge in [0.25, 0.3) is 0 Å². The van der Waals surface area contributed by atoms with Crippen molar-refractivity contribution in [1.82, 2.24) is 14.1 Å². The van der Waals surface area contributed by atoms with Crippen molar-refractivity contribution in [2.75, 3.05) is 18.5 Å². The van der Waals surface area contributed by atoms with Gasteiger partial charge in [-0.25, -0.2) is 18.5 Å². The second kappa shape index (κ2) is 9.64. The van der Waals surface area contributed by atoms with Crippen molar-refractivity contribution in [2.45, 2.75) is 26.9 Å². The van der Waals surface area contributed by atoms with Crippen LogP contribution in [0.15, 0.2) is 52.1 Å². The zero-order chi connectivity index (χ0) is 23.5. The van der Waals surface area contributed by atoms with Crippen LogP contribution in [0.2, 0.25) is 5.02 Å². The number of hydrogen-bond acceptors (Lipinski definition) is 6. The topological polar surface area (TPSA) is 109 Å². The first-order valence-electron chi connectivity index (χ1n) is 9.87. The van der Waals surface area contributed by atoms with E-state index in [-0.39, 0.29) is 19.0 Å². The highest BCUT2D eigenvalue weighted by atomic mass is 35.5. The van der Waals surface area contributed by atoms with Crippen molar-refractivity contribution >= 4 is 23.2 Å². The van der Waals surface area contributed by atoms with Gasteiger partial charge in [0.15, 0.2) is 0 Å². The van der Waals surface area contributed by atoms with Crippen molar-refractivity contribution in [3.8, 4) is 0 Å². The number of aryl methyl sites for hydroxylation is 1. The fourth-order valence-corrected chi connectivity index (χ4v) is 3.13. The quantitative estimate of drug-likeness (QED) is 0.474. The zero-order valence-corrected chi connectivity index (χ0v) is 18.4. The number of rotatable bonds is 8. The van der Waals surface area contributed by atoms with Crippen molar-refractivity contribution in [3.63, 3.8) is 0 Å². The van der Waals surface area contributed by atoms with Crippen LogP contribution in [0.1, 0.15) is 18.1 Å². The van der Waals surface area contributed by atoms with Gasteiger partial charge in [-0.15, -0.1) is 0 Å². The van der Waals surface area contributed by atoms with Gasteiger partial charge in [0.05, 0.1) is 19.8 Å². The van der Waals surface area contributed by atoms with E-state index in [9.17, 15) is 24.2 Å². The van der Waals surface area contributed by atoms with Crippen LogP contribution in [0, 0.1) is 18.2 Å². The number of hydrogen-bond donors (Lipinski definition) is 3. The van der Waals surface area contributed by atoms with Gasteiger partial charge in [-0.2, -0.15) is 4.98 Å². The summed E-state index contributed by atoms with van der Waals surface area (Å²) in [6.07, 6.45) is 0. The molecule has 0 atom stereocenters. The lowest BCUT2D eigenvalue weighted by molar-refractivity contribution is 0.0528. The number of aromatic nitrogens is 3. The number of nitrogens with zero attached hydrogens (tertiary/aromatic N) is 3. The summed E-state index contributed by atoms with van der Waals surface area (Å²) in [6.45, 7) is 2.11. The highest BCUT2D eigenvalue weighted by Crippen LogP contribution is 2.19. The molecule has 3 aromatic rings. The first-order chi connectivity index (χ1) is 15.2. The van der Waals surface area contributed by atoms with Crippen molar-refractivity contribution < 1.29 is 14.6 Å². The third-order valence-corrected chi connectivity index (χ3v) is 5.39. The fraction of sp³-hybridized carbons (Fsp3) is 0.318. The Balaban J connectivity index is 2.12. The molecule has 0 bridgehead atoms. The zero-order valence-electron chi connectivity index (χ0n) is 17.7. The summed E-state index contributed by atoms with van der Waals surface area (Å²) in [7, 11) is 0. The van der Waals surface area contributed by atoms with Crippen LogP contribution >= 0.6 is 11.6 Å². The summed E-state index contributed by atoms with van der Waals surface area (Å²) in [5, 5.41) is 22.6. The molecule has 0 aliphatic heterocycles. The molecule has 1 aromatic heterocycles. The molecule has 0 saturated carbocycles. The van der Waals surface area contributed by atoms with E-state index < -0.39 is 35.8 Å². The van der Waals surface area contributed by atoms with Crippen LogP contribution in [0.25, 0.3) is 0 Å². The van der Waals surface area contributed by atoms with E-state index in [1.54, 1.807) is 50.2 Å². The molecule has 32 heavy (non-hydrogen) atoms. The molecule has 0 spiro atoms. The van der Waals surface area contributed by atoms with E-state index in [2.05, 4.69) is 10.3 Å². The lowest BCUT2D eigenvalue weighted by atomic mass is 9.93. The Labute approximate surface area is 188 Å². The maximum Gasteiger partial charge on any atom is 0.354 e. The van der Waals surface area contributed by atoms with Crippen LogP contribution in [-0.2, 0) is 13.1 Å². The Hall–Kier alpha value is -3.01. The van der Waals surface area contributed by atoms with Gasteiger partial charge >= 0.3 is 11.4 Å². The first kappa shape index (κ1) is 23.6. The molecule has 1 heterocycles. The molecule has 0 radical (unpaired) electrons. The molecule has 8 nitrogen and oxygen atoms in total. The molecule has 10 heteroatoms. The van der Waals surface area contributed by atoms with E-state index in [0.29, 0.717) is 21.8 Å². The molecular weight excluding hydrogens is 439 g/mol. The number of aliphatic hydroxyl groups excluding tert-OH is 2. The molecule has 0 fully saturated rings. The Bertz CT molecular complexity index is 1220. The largest absolute Gasteiger partial charge is 0.396 e. The monoisotopic (exact) mass is 462 g/mol. The number of aliphatic hydroxyl groups is 2. The van der Waals surface area contributed by atoms with Crippen molar-refractivity contribution in [2.24, 2.45) is 5.41 Å². The molecule has 0 amide bonds. The van der Waals surface area contributed by atoms with E-state index in [1.165, 1.54) is 10.6 Å². The average molecular weight is 463 g/mol. The standard InChI is InChI=1S/C22H24ClFN4O4/c1-14-3-8-17(9-18(14)24)25-19-26-20(31)28(11-22(2,12-29)13-30)21(32)27(19)10-15-4-6-16(23)7-5-15/h3-9,29-30H,10-13H2,1-2H3,(H,25,26,31). The van der Waals surface area contributed by atoms with Crippen LogP contribution in [0.4, 0.5) is 16.0 Å². The minimum absolute atomic E-state index is 0.0505. The fourth-order valence-electron chi connectivity index (χ4n) is 3.01. The molecule has 0 aliphatic rings. The molecule has 0 aliphatic carbocycles. The van der Waals surface area contributed by atoms with E-state index in [4.69, 9.17) is 11.6 Å². The third kappa shape index (κ3) is 5.24. The predicted octanol–water partition coefficient (Wildman–Crippen LogP) is 2.29. The van der Waals surface area contributed by atoms with Crippen LogP contribution in [0.5, 0.6) is 0 Å². The maximum absolute atomic E-state index is 14.0. The second-order valence-corrected chi connectivity index (χ2v) is 8.45. The van der Waals surface area contributed by atoms with Gasteiger partial charge in [-0.1, -0.05) is 36.7 Å². The second-order valence-electron chi connectivity index (χ2n) is 8.02. The van der Waals surface area contributed by atoms with Gasteiger partial charge in [-0.3, -0.25) is 4.57 Å². The minimum atomic E-state index is -1.10. The summed E-state index contributed by atoms with van der Waals surface area (Å²) < 4.78 is 16.1. The SMILES string of the molecule is Cc1ccc(Nc2nc(=O)n(CC(C)(CO)CO)c(=O)n2Cc2ccc(Cl)cc2)cc1F. The molecule has 170 valence electrons. The summed E-state index contributed by atoms with van der Waals surface area (Å²) in [6, 6.07) is 11.2. The number of halogens is 2. The molecule has 0 saturated heterocycles. The van der Waals surface area contributed by atoms with E-state index in [0.717, 1.165) is 4.57 Å². The summed E-state index contributed by atoms with van der Waals surface area (Å²) >= 11 is 5.94. The van der Waals surface area contributed by atoms with Crippen molar-refractivity contribution in [1.29, 1.82) is 0 Å². The van der Waals surface area contributed by atoms with Gasteiger partial charge in [0.2, 0.25) is 5.95 Å². The molecule has 3 rings (SSSR count). The maximum atomic E-state index is 14.0. The molecule has 2 aromatic carbocycles. The normalized spacial score (nSPS) is 11.6. The number of nitrogens with one attached hydrogen (secondary N) is 1. The molecule has 0 unspecified atom stereocenters. The summed E-state index contributed by atoms with van der Waals surface area (Å²) in [4.78, 5) is 30.0. The van der Waals surface area contributed by atoms with Gasteiger partial charge in [0.1, 0.15) is 5.82 Å². The van der Waals surface area contributed by atoms with Crippen LogP contribution in [0.3, 0.4) is 0 Å². The Morgan fingerprint density at radius 1 is 1.09 bits per heavy atom. The Morgan fingerprint density at radius 3 is 2.34 bits per heavy atom. The number of anilines is 2. The number of benzene rings is 2. The van der Waals surface area contributed by atoms with E-state index in [1.807, 2.05) is 0 Å². The lowest BCUT2D eigenvalue weighted by Gasteiger charge is -2.25. The van der Waals surface area contributed by atoms with Gasteiger partial charge in [-0.05, 0) is 42.3 Å². The molecular formula is C22H24ClFN4O4. The summed E-state index contributed by atoms with van der Waals surface area (Å²) in [5.41, 5.74) is -1.16.